The number of hydrogen-bond acceptors (Lipinski definition) is 7. The molecule has 0 heterocycles. The highest BCUT2D eigenvalue weighted by molar-refractivity contribution is 5.78. The summed E-state index contributed by atoms with van der Waals surface area (Å²) in [5.74, 6) is 1.79. The minimum absolute atomic E-state index is 0.0207. The largest absolute Gasteiger partial charge is 0.490 e. The van der Waals surface area contributed by atoms with E-state index in [1.165, 1.54) is 0 Å². The van der Waals surface area contributed by atoms with Gasteiger partial charge in [-0.3, -0.25) is 4.79 Å². The number of carbonyl (C=O) groups excluding carboxylic acids is 1. The summed E-state index contributed by atoms with van der Waals surface area (Å²) in [5.41, 5.74) is 7.60. The molecule has 0 unspecified atom stereocenters. The first-order chi connectivity index (χ1) is 18.2. The topological polar surface area (TPSA) is 112 Å². The number of aliphatic hydroxyl groups is 1. The summed E-state index contributed by atoms with van der Waals surface area (Å²) in [6.07, 6.45) is 4.69. The number of hydrogen-bond donors (Lipinski definition) is 3. The molecule has 4 N–H and O–H groups in total. The van der Waals surface area contributed by atoms with Gasteiger partial charge in [-0.25, -0.2) is 0 Å². The second-order valence-corrected chi connectivity index (χ2v) is 10.6. The van der Waals surface area contributed by atoms with Gasteiger partial charge in [0.05, 0.1) is 19.3 Å². The van der Waals surface area contributed by atoms with E-state index in [4.69, 9.17) is 24.7 Å². The van der Waals surface area contributed by atoms with Gasteiger partial charge in [0.2, 0.25) is 5.91 Å². The van der Waals surface area contributed by atoms with Gasteiger partial charge in [0.15, 0.2) is 11.5 Å². The van der Waals surface area contributed by atoms with Crippen LogP contribution in [-0.2, 0) is 20.7 Å². The Kier molecular flexibility index (Phi) is 18.1. The lowest BCUT2D eigenvalue weighted by molar-refractivity contribution is -0.125. The van der Waals surface area contributed by atoms with E-state index in [9.17, 15) is 9.90 Å². The molecule has 0 aliphatic heterocycles. The van der Waals surface area contributed by atoms with Crippen molar-refractivity contribution in [2.24, 2.45) is 23.5 Å². The maximum atomic E-state index is 12.3. The van der Waals surface area contributed by atoms with Gasteiger partial charge in [0.1, 0.15) is 0 Å². The van der Waals surface area contributed by atoms with E-state index < -0.39 is 12.1 Å². The molecule has 38 heavy (non-hydrogen) atoms. The number of benzene rings is 1. The van der Waals surface area contributed by atoms with Gasteiger partial charge in [-0.05, 0) is 55.2 Å². The number of carbonyl (C=O) groups is 1. The zero-order valence-corrected chi connectivity index (χ0v) is 24.7. The lowest BCUT2D eigenvalue weighted by Crippen LogP contribution is -2.41. The van der Waals surface area contributed by atoms with Gasteiger partial charge < -0.3 is 35.1 Å². The first-order valence-corrected chi connectivity index (χ1v) is 14.3. The highest BCUT2D eigenvalue weighted by Crippen LogP contribution is 2.32. The molecule has 8 nitrogen and oxygen atoms in total. The molecule has 0 fully saturated rings. The third kappa shape index (κ3) is 13.8. The molecule has 1 aromatic rings. The average molecular weight is 539 g/mol. The summed E-state index contributed by atoms with van der Waals surface area (Å²) >= 11 is 0. The maximum absolute atomic E-state index is 12.3. The fourth-order valence-corrected chi connectivity index (χ4v) is 4.29. The summed E-state index contributed by atoms with van der Waals surface area (Å²) in [6.45, 7) is 11.4. The van der Waals surface area contributed by atoms with Crippen molar-refractivity contribution in [3.63, 3.8) is 0 Å². The molecule has 1 aromatic carbocycles. The summed E-state index contributed by atoms with van der Waals surface area (Å²) in [4.78, 5) is 12.3. The molecular weight excluding hydrogens is 484 g/mol. The van der Waals surface area contributed by atoms with Gasteiger partial charge in [-0.2, -0.15) is 0 Å². The quantitative estimate of drug-likeness (QED) is 0.188. The van der Waals surface area contributed by atoms with Crippen molar-refractivity contribution in [3.8, 4) is 11.5 Å². The average Bonchev–Trinajstić information content (AvgIpc) is 2.89. The van der Waals surface area contributed by atoms with E-state index in [1.54, 1.807) is 14.2 Å². The van der Waals surface area contributed by atoms with Gasteiger partial charge in [-0.15, -0.1) is 0 Å². The number of nitrogens with two attached hydrogens (primary N) is 1. The highest BCUT2D eigenvalue weighted by Gasteiger charge is 2.26. The molecule has 0 aromatic heterocycles. The molecule has 1 rings (SSSR count). The van der Waals surface area contributed by atoms with E-state index in [2.05, 4.69) is 38.2 Å². The third-order valence-corrected chi connectivity index (χ3v) is 6.89. The van der Waals surface area contributed by atoms with Crippen molar-refractivity contribution in [1.29, 1.82) is 0 Å². The van der Waals surface area contributed by atoms with E-state index in [0.29, 0.717) is 51.7 Å². The van der Waals surface area contributed by atoms with Crippen molar-refractivity contribution in [2.45, 2.75) is 84.8 Å². The molecule has 0 spiro atoms. The van der Waals surface area contributed by atoms with Crippen LogP contribution in [0.15, 0.2) is 18.2 Å². The van der Waals surface area contributed by atoms with Crippen LogP contribution >= 0.6 is 0 Å². The van der Waals surface area contributed by atoms with Crippen LogP contribution in [0.25, 0.3) is 0 Å². The Bertz CT molecular complexity index is 760. The van der Waals surface area contributed by atoms with Crippen LogP contribution < -0.4 is 20.5 Å². The number of rotatable bonds is 22. The molecule has 0 aliphatic rings. The number of unbranched alkanes of at least 4 members (excludes halogenated alkanes) is 1. The number of aliphatic hydroxyl groups excluding tert-OH is 1. The Morgan fingerprint density at radius 2 is 1.58 bits per heavy atom. The Balaban J connectivity index is 2.82. The Hall–Kier alpha value is -1.87. The van der Waals surface area contributed by atoms with Crippen LogP contribution in [0, 0.1) is 17.8 Å². The van der Waals surface area contributed by atoms with Crippen LogP contribution in [0.1, 0.15) is 71.8 Å². The molecule has 0 saturated carbocycles. The smallest absolute Gasteiger partial charge is 0.222 e. The lowest BCUT2D eigenvalue weighted by Gasteiger charge is -2.28. The van der Waals surface area contributed by atoms with Crippen molar-refractivity contribution < 1.29 is 28.8 Å². The van der Waals surface area contributed by atoms with Gasteiger partial charge in [0.25, 0.3) is 0 Å². The number of methoxy groups -OCH3 is 2. The SMILES string of the molecule is CCCCNC(=O)[C@H](C)C[C@H](O)[C@@H](N)C[C@H](Cc1ccc(OCCCOC)c(OCCCOC)c1)C(C)C. The van der Waals surface area contributed by atoms with Gasteiger partial charge in [-0.1, -0.05) is 40.2 Å². The first kappa shape index (κ1) is 34.2. The van der Waals surface area contributed by atoms with E-state index in [0.717, 1.165) is 49.2 Å². The normalized spacial score (nSPS) is 14.7. The van der Waals surface area contributed by atoms with Crippen molar-refractivity contribution in [2.75, 3.05) is 47.2 Å². The van der Waals surface area contributed by atoms with Crippen molar-refractivity contribution in [1.82, 2.24) is 5.32 Å². The highest BCUT2D eigenvalue weighted by atomic mass is 16.5. The molecule has 4 atom stereocenters. The van der Waals surface area contributed by atoms with Crippen LogP contribution in [0.3, 0.4) is 0 Å². The molecule has 8 heteroatoms. The maximum Gasteiger partial charge on any atom is 0.222 e. The van der Waals surface area contributed by atoms with E-state index in [-0.39, 0.29) is 17.7 Å². The van der Waals surface area contributed by atoms with Gasteiger partial charge in [0, 0.05) is 58.8 Å². The van der Waals surface area contributed by atoms with Crippen molar-refractivity contribution in [3.05, 3.63) is 23.8 Å². The van der Waals surface area contributed by atoms with Crippen LogP contribution in [0.5, 0.6) is 11.5 Å². The third-order valence-electron chi connectivity index (χ3n) is 6.89. The number of amides is 1. The minimum atomic E-state index is -0.731. The zero-order chi connectivity index (χ0) is 28.3. The first-order valence-electron chi connectivity index (χ1n) is 14.3. The van der Waals surface area contributed by atoms with E-state index in [1.807, 2.05) is 13.0 Å². The van der Waals surface area contributed by atoms with Crippen molar-refractivity contribution >= 4 is 5.91 Å². The van der Waals surface area contributed by atoms with Gasteiger partial charge >= 0.3 is 0 Å². The van der Waals surface area contributed by atoms with Crippen LogP contribution in [0.2, 0.25) is 0 Å². The lowest BCUT2D eigenvalue weighted by atomic mass is 9.82. The summed E-state index contributed by atoms with van der Waals surface area (Å²) in [7, 11) is 3.36. The summed E-state index contributed by atoms with van der Waals surface area (Å²) < 4.78 is 22.3. The molecule has 0 saturated heterocycles. The fraction of sp³-hybridized carbons (Fsp3) is 0.767. The molecule has 0 radical (unpaired) electrons. The minimum Gasteiger partial charge on any atom is -0.490 e. The molecule has 1 amide bonds. The van der Waals surface area contributed by atoms with Crippen LogP contribution in [0.4, 0.5) is 0 Å². The molecule has 0 bridgehead atoms. The second-order valence-electron chi connectivity index (χ2n) is 10.6. The molecule has 220 valence electrons. The predicted molar refractivity (Wildman–Crippen MR) is 153 cm³/mol. The predicted octanol–water partition coefficient (Wildman–Crippen LogP) is 4.35. The zero-order valence-electron chi connectivity index (χ0n) is 24.7. The van der Waals surface area contributed by atoms with Crippen LogP contribution in [-0.4, -0.2) is 70.4 Å². The standard InChI is InChI=1S/C30H54N2O6/c1-7-8-13-32-30(34)23(4)18-27(33)26(31)21-25(22(2)3)19-24-11-12-28(37-16-9-14-35-5)29(20-24)38-17-10-15-36-6/h11-12,20,22-23,25-27,33H,7-10,13-19,21,31H2,1-6H3,(H,32,34)/t23-,25+,26+,27+/m1/s1. The number of ether oxygens (including phenoxy) is 4. The monoisotopic (exact) mass is 538 g/mol. The Morgan fingerprint density at radius 3 is 2.16 bits per heavy atom. The fourth-order valence-electron chi connectivity index (χ4n) is 4.29. The molecular formula is C30H54N2O6. The second kappa shape index (κ2) is 20.1. The Morgan fingerprint density at radius 1 is 0.947 bits per heavy atom. The summed E-state index contributed by atoms with van der Waals surface area (Å²) in [6, 6.07) is 5.70. The number of nitrogens with one attached hydrogen (secondary N) is 1. The summed E-state index contributed by atoms with van der Waals surface area (Å²) in [5, 5.41) is 13.7. The molecule has 0 aliphatic carbocycles. The Labute approximate surface area is 230 Å². The van der Waals surface area contributed by atoms with E-state index >= 15 is 0 Å².